The molecule has 0 aliphatic carbocycles. The fraction of sp³-hybridized carbons (Fsp3) is 0.278. The summed E-state index contributed by atoms with van der Waals surface area (Å²) in [4.78, 5) is 6.46. The fourth-order valence-corrected chi connectivity index (χ4v) is 3.47. The monoisotopic (exact) mass is 338 g/mol. The summed E-state index contributed by atoms with van der Waals surface area (Å²) in [6.07, 6.45) is 3.33. The zero-order valence-electron chi connectivity index (χ0n) is 13.5. The molecule has 0 bridgehead atoms. The van der Waals surface area contributed by atoms with Crippen molar-refractivity contribution >= 4 is 22.9 Å². The number of anilines is 1. The maximum absolute atomic E-state index is 11.4. The highest BCUT2D eigenvalue weighted by molar-refractivity contribution is 7.80. The van der Waals surface area contributed by atoms with Gasteiger partial charge in [-0.1, -0.05) is 30.4 Å². The molecule has 6 heteroatoms. The normalized spacial score (nSPS) is 25.8. The van der Waals surface area contributed by atoms with E-state index in [-0.39, 0.29) is 0 Å². The molecule has 122 valence electrons. The smallest absolute Gasteiger partial charge is 0.171 e. The van der Waals surface area contributed by atoms with E-state index < -0.39 is 17.6 Å². The first-order chi connectivity index (χ1) is 11.5. The van der Waals surface area contributed by atoms with Crippen molar-refractivity contribution in [3.05, 3.63) is 59.9 Å². The highest BCUT2D eigenvalue weighted by Gasteiger charge is 2.52. The van der Waals surface area contributed by atoms with Crippen molar-refractivity contribution in [2.45, 2.75) is 11.6 Å². The van der Waals surface area contributed by atoms with Crippen LogP contribution in [0.3, 0.4) is 0 Å². The molecule has 1 aromatic heterocycles. The van der Waals surface area contributed by atoms with Gasteiger partial charge in [0, 0.05) is 37.7 Å². The zero-order chi connectivity index (χ0) is 17.3. The number of pyridine rings is 1. The number of thiocarbonyl (C=S) groups is 1. The van der Waals surface area contributed by atoms with Crippen LogP contribution in [0.4, 0.5) is 5.69 Å². The lowest BCUT2D eigenvalue weighted by atomic mass is 9.80. The Morgan fingerprint density at radius 1 is 1.29 bits per heavy atom. The summed E-state index contributed by atoms with van der Waals surface area (Å²) in [6, 6.07) is 13.4. The summed E-state index contributed by atoms with van der Waals surface area (Å²) in [7, 11) is 3.91. The number of nitriles is 1. The average molecular weight is 338 g/mol. The van der Waals surface area contributed by atoms with Crippen molar-refractivity contribution in [3.63, 3.8) is 0 Å². The SMILES string of the molecule is CN(C)c1ccc(C2(O)NC(=S)C(C#N)C2c2cccnc2)cc1. The Labute approximate surface area is 146 Å². The van der Waals surface area contributed by atoms with Gasteiger partial charge in [0.05, 0.1) is 17.0 Å². The summed E-state index contributed by atoms with van der Waals surface area (Å²) in [5.74, 6) is -1.13. The summed E-state index contributed by atoms with van der Waals surface area (Å²) in [6.45, 7) is 0. The third-order valence-electron chi connectivity index (χ3n) is 4.39. The minimum absolute atomic E-state index is 0.352. The number of hydrogen-bond acceptors (Lipinski definition) is 5. The maximum Gasteiger partial charge on any atom is 0.171 e. The summed E-state index contributed by atoms with van der Waals surface area (Å²) in [5, 5.41) is 23.9. The van der Waals surface area contributed by atoms with Crippen LogP contribution < -0.4 is 10.2 Å². The lowest BCUT2D eigenvalue weighted by Crippen LogP contribution is -2.41. The Bertz CT molecular complexity index is 785. The Hall–Kier alpha value is -2.49. The molecule has 1 aliphatic heterocycles. The highest BCUT2D eigenvalue weighted by atomic mass is 32.1. The van der Waals surface area contributed by atoms with Gasteiger partial charge in [0.2, 0.25) is 0 Å². The highest BCUT2D eigenvalue weighted by Crippen LogP contribution is 2.45. The first kappa shape index (κ1) is 16.4. The van der Waals surface area contributed by atoms with Crippen LogP contribution in [-0.2, 0) is 5.72 Å². The second kappa shape index (κ2) is 6.19. The summed E-state index contributed by atoms with van der Waals surface area (Å²) in [5.41, 5.74) is 1.03. The molecule has 2 heterocycles. The molecule has 0 radical (unpaired) electrons. The van der Waals surface area contributed by atoms with Crippen LogP contribution in [-0.4, -0.2) is 29.2 Å². The van der Waals surface area contributed by atoms with E-state index in [4.69, 9.17) is 12.2 Å². The molecular weight excluding hydrogens is 320 g/mol. The number of aliphatic hydroxyl groups is 1. The van der Waals surface area contributed by atoms with E-state index in [1.807, 2.05) is 49.3 Å². The lowest BCUT2D eigenvalue weighted by Gasteiger charge is -2.31. The third kappa shape index (κ3) is 2.62. The standard InChI is InChI=1S/C18H18N4OS/c1-22(2)14-7-5-13(6-8-14)18(23)16(12-4-3-9-20-11-12)15(10-19)17(24)21-18/h3-9,11,15-16,23H,1-2H3,(H,21,24). The van der Waals surface area contributed by atoms with E-state index in [0.717, 1.165) is 11.3 Å². The minimum atomic E-state index is -1.44. The Balaban J connectivity index is 2.09. The number of nitrogens with zero attached hydrogens (tertiary/aromatic N) is 3. The minimum Gasteiger partial charge on any atom is -0.378 e. The first-order valence-corrected chi connectivity index (χ1v) is 8.00. The molecule has 0 spiro atoms. The number of nitrogens with one attached hydrogen (secondary N) is 1. The van der Waals surface area contributed by atoms with Gasteiger partial charge in [-0.3, -0.25) is 4.98 Å². The third-order valence-corrected chi connectivity index (χ3v) is 4.74. The molecule has 5 nitrogen and oxygen atoms in total. The van der Waals surface area contributed by atoms with Gasteiger partial charge in [-0.05, 0) is 23.8 Å². The Morgan fingerprint density at radius 2 is 2.00 bits per heavy atom. The van der Waals surface area contributed by atoms with Crippen LogP contribution in [0.25, 0.3) is 0 Å². The molecule has 1 saturated heterocycles. The van der Waals surface area contributed by atoms with E-state index in [0.29, 0.717) is 10.6 Å². The maximum atomic E-state index is 11.4. The summed E-state index contributed by atoms with van der Waals surface area (Å²) >= 11 is 5.31. The van der Waals surface area contributed by atoms with Gasteiger partial charge < -0.3 is 15.3 Å². The number of hydrogen-bond donors (Lipinski definition) is 2. The van der Waals surface area contributed by atoms with Gasteiger partial charge in [0.25, 0.3) is 0 Å². The topological polar surface area (TPSA) is 72.2 Å². The van der Waals surface area contributed by atoms with Crippen molar-refractivity contribution in [1.82, 2.24) is 10.3 Å². The van der Waals surface area contributed by atoms with E-state index >= 15 is 0 Å². The number of rotatable bonds is 3. The van der Waals surface area contributed by atoms with Crippen molar-refractivity contribution in [1.29, 1.82) is 5.26 Å². The van der Waals surface area contributed by atoms with Gasteiger partial charge in [-0.2, -0.15) is 5.26 Å². The average Bonchev–Trinajstić information content (AvgIpc) is 2.86. The lowest BCUT2D eigenvalue weighted by molar-refractivity contribution is 0.00414. The van der Waals surface area contributed by atoms with Crippen molar-refractivity contribution < 1.29 is 5.11 Å². The number of benzene rings is 1. The molecule has 3 rings (SSSR count). The molecule has 24 heavy (non-hydrogen) atoms. The second-order valence-corrected chi connectivity index (χ2v) is 6.51. The molecule has 0 saturated carbocycles. The van der Waals surface area contributed by atoms with Gasteiger partial charge in [0.15, 0.2) is 5.72 Å². The Kier molecular flexibility index (Phi) is 4.22. The molecule has 2 aromatic rings. The quantitative estimate of drug-likeness (QED) is 0.836. The molecule has 1 aliphatic rings. The Morgan fingerprint density at radius 3 is 2.54 bits per heavy atom. The molecule has 2 N–H and O–H groups in total. The van der Waals surface area contributed by atoms with Crippen LogP contribution in [0.1, 0.15) is 17.0 Å². The second-order valence-electron chi connectivity index (χ2n) is 6.07. The van der Waals surface area contributed by atoms with E-state index in [2.05, 4.69) is 16.4 Å². The molecule has 1 fully saturated rings. The van der Waals surface area contributed by atoms with E-state index in [1.54, 1.807) is 18.5 Å². The van der Waals surface area contributed by atoms with Crippen LogP contribution in [0.2, 0.25) is 0 Å². The summed E-state index contributed by atoms with van der Waals surface area (Å²) < 4.78 is 0. The number of aromatic nitrogens is 1. The van der Waals surface area contributed by atoms with Gasteiger partial charge >= 0.3 is 0 Å². The van der Waals surface area contributed by atoms with Crippen LogP contribution >= 0.6 is 12.2 Å². The largest absolute Gasteiger partial charge is 0.378 e. The van der Waals surface area contributed by atoms with Crippen LogP contribution in [0.15, 0.2) is 48.8 Å². The van der Waals surface area contributed by atoms with Gasteiger partial charge in [-0.15, -0.1) is 0 Å². The predicted octanol–water partition coefficient (Wildman–Crippen LogP) is 2.15. The van der Waals surface area contributed by atoms with Crippen molar-refractivity contribution in [2.24, 2.45) is 5.92 Å². The molecule has 0 amide bonds. The molecular formula is C18H18N4OS. The predicted molar refractivity (Wildman–Crippen MR) is 96.5 cm³/mol. The first-order valence-electron chi connectivity index (χ1n) is 7.59. The van der Waals surface area contributed by atoms with Gasteiger partial charge in [-0.25, -0.2) is 0 Å². The zero-order valence-corrected chi connectivity index (χ0v) is 14.3. The molecule has 3 unspecified atom stereocenters. The van der Waals surface area contributed by atoms with Crippen LogP contribution in [0.5, 0.6) is 0 Å². The fourth-order valence-electron chi connectivity index (χ4n) is 3.13. The van der Waals surface area contributed by atoms with Gasteiger partial charge in [0.1, 0.15) is 5.92 Å². The molecule has 3 atom stereocenters. The van der Waals surface area contributed by atoms with Crippen molar-refractivity contribution in [3.8, 4) is 6.07 Å². The molecule has 1 aromatic carbocycles. The van der Waals surface area contributed by atoms with E-state index in [9.17, 15) is 10.4 Å². The van der Waals surface area contributed by atoms with E-state index in [1.165, 1.54) is 0 Å². The van der Waals surface area contributed by atoms with Crippen LogP contribution in [0, 0.1) is 17.2 Å². The van der Waals surface area contributed by atoms with Crippen molar-refractivity contribution in [2.75, 3.05) is 19.0 Å².